The van der Waals surface area contributed by atoms with E-state index in [0.29, 0.717) is 12.2 Å². The van der Waals surface area contributed by atoms with Gasteiger partial charge in [-0.05, 0) is 55.3 Å². The average Bonchev–Trinajstić information content (AvgIpc) is 3.51. The van der Waals surface area contributed by atoms with Crippen LogP contribution in [0.1, 0.15) is 51.0 Å². The summed E-state index contributed by atoms with van der Waals surface area (Å²) in [6.45, 7) is 10.3. The van der Waals surface area contributed by atoms with Gasteiger partial charge < -0.3 is 27.8 Å². The fourth-order valence-corrected chi connectivity index (χ4v) is 5.59. The molecule has 2 aliphatic heterocycles. The molecule has 39 heavy (non-hydrogen) atoms. The molecule has 0 radical (unpaired) electrons. The molecule has 214 valence electrons. The van der Waals surface area contributed by atoms with Gasteiger partial charge in [0.2, 0.25) is 5.79 Å². The van der Waals surface area contributed by atoms with Crippen LogP contribution in [0.5, 0.6) is 0 Å². The van der Waals surface area contributed by atoms with E-state index in [9.17, 15) is 18.0 Å². The maximum atomic E-state index is 14.5. The summed E-state index contributed by atoms with van der Waals surface area (Å²) in [5, 5.41) is -0.129. The molecule has 0 aliphatic carbocycles. The predicted octanol–water partition coefficient (Wildman–Crippen LogP) is 6.78. The molecule has 7 nitrogen and oxygen atoms in total. The van der Waals surface area contributed by atoms with Gasteiger partial charge in [0, 0.05) is 12.7 Å². The van der Waals surface area contributed by atoms with Gasteiger partial charge in [-0.2, -0.15) is 13.2 Å². The van der Waals surface area contributed by atoms with E-state index in [1.165, 1.54) is 30.5 Å². The van der Waals surface area contributed by atoms with Crippen LogP contribution in [0.2, 0.25) is 18.1 Å². The highest BCUT2D eigenvalue weighted by molar-refractivity contribution is 6.74. The molecule has 2 aromatic rings. The van der Waals surface area contributed by atoms with Crippen molar-refractivity contribution in [2.45, 2.75) is 87.8 Å². The second-order valence-electron chi connectivity index (χ2n) is 11.3. The minimum absolute atomic E-state index is 0.129. The molecule has 2 aliphatic rings. The van der Waals surface area contributed by atoms with Crippen molar-refractivity contribution in [1.29, 1.82) is 0 Å². The number of hydrogen-bond donors (Lipinski definition) is 0. The molecule has 1 fully saturated rings. The highest BCUT2D eigenvalue weighted by Crippen LogP contribution is 2.48. The van der Waals surface area contributed by atoms with Gasteiger partial charge >= 0.3 is 12.1 Å². The molecule has 1 spiro atoms. The van der Waals surface area contributed by atoms with E-state index < -0.39 is 55.9 Å². The van der Waals surface area contributed by atoms with Gasteiger partial charge in [0.1, 0.15) is 11.9 Å². The summed E-state index contributed by atoms with van der Waals surface area (Å²) in [5.74, 6) is -2.78. The van der Waals surface area contributed by atoms with Gasteiger partial charge in [-0.15, -0.1) is 0 Å². The monoisotopic (exact) mass is 568 g/mol. The minimum Gasteiger partial charge on any atom is -0.467 e. The Bertz CT molecular complexity index is 1160. The average molecular weight is 569 g/mol. The quantitative estimate of drug-likeness (QED) is 0.207. The summed E-state index contributed by atoms with van der Waals surface area (Å²) in [6.07, 6.45) is -2.58. The van der Waals surface area contributed by atoms with E-state index >= 15 is 0 Å². The van der Waals surface area contributed by atoms with Crippen molar-refractivity contribution in [2.24, 2.45) is 0 Å². The SMILES string of the molecule is CO[C@](C(=O)O[C@H]1CC[C@H](c2ccco2)O[C@]12C=CC(O[Si](C)(C)C(C)(C)C)O2)(c1ccccc1)C(F)(F)F. The standard InChI is InChI=1S/C28H35F3O7Si/c1-25(2,3)39(5,6)38-23-16-17-26(37-23)22(15-14-21(36-26)20-13-10-18-34-20)35-24(32)27(33-4,28(29,30)31)19-11-8-7-9-12-19/h7-13,16-18,21-23H,14-15H2,1-6H3/t21-,22+,23?,26+,27+/m1/s1. The Kier molecular flexibility index (Phi) is 7.96. The number of hydrogen-bond acceptors (Lipinski definition) is 7. The van der Waals surface area contributed by atoms with Crippen molar-refractivity contribution in [1.82, 2.24) is 0 Å². The van der Waals surface area contributed by atoms with Gasteiger partial charge in [0.15, 0.2) is 20.7 Å². The molecule has 1 saturated heterocycles. The van der Waals surface area contributed by atoms with Crippen LogP contribution in [-0.2, 0) is 33.8 Å². The number of ether oxygens (including phenoxy) is 4. The van der Waals surface area contributed by atoms with Crippen molar-refractivity contribution in [3.63, 3.8) is 0 Å². The number of halogens is 3. The Hall–Kier alpha value is -2.44. The molecular formula is C28H35F3O7Si. The number of carbonyl (C=O) groups is 1. The molecule has 0 N–H and O–H groups in total. The van der Waals surface area contributed by atoms with Crippen LogP contribution in [0.25, 0.3) is 0 Å². The van der Waals surface area contributed by atoms with Crippen LogP contribution in [0.3, 0.4) is 0 Å². The van der Waals surface area contributed by atoms with Crippen molar-refractivity contribution < 1.29 is 45.8 Å². The highest BCUT2D eigenvalue weighted by Gasteiger charge is 2.65. The van der Waals surface area contributed by atoms with E-state index in [2.05, 4.69) is 33.9 Å². The minimum atomic E-state index is -5.11. The van der Waals surface area contributed by atoms with Gasteiger partial charge in [-0.1, -0.05) is 51.1 Å². The lowest BCUT2D eigenvalue weighted by Gasteiger charge is -2.44. The predicted molar refractivity (Wildman–Crippen MR) is 138 cm³/mol. The zero-order valence-corrected chi connectivity index (χ0v) is 23.9. The number of carbonyl (C=O) groups excluding carboxylic acids is 1. The summed E-state index contributed by atoms with van der Waals surface area (Å²) >= 11 is 0. The molecule has 1 unspecified atom stereocenters. The highest BCUT2D eigenvalue weighted by atomic mass is 28.4. The topological polar surface area (TPSA) is 76.4 Å². The first-order valence-corrected chi connectivity index (χ1v) is 15.7. The molecule has 3 heterocycles. The fourth-order valence-electron chi connectivity index (χ4n) is 4.53. The third kappa shape index (κ3) is 5.47. The van der Waals surface area contributed by atoms with E-state index in [-0.39, 0.29) is 11.5 Å². The number of methoxy groups -OCH3 is 1. The Morgan fingerprint density at radius 3 is 2.28 bits per heavy atom. The summed E-state index contributed by atoms with van der Waals surface area (Å²) in [7, 11) is -1.48. The lowest BCUT2D eigenvalue weighted by atomic mass is 9.91. The molecular weight excluding hydrogens is 533 g/mol. The van der Waals surface area contributed by atoms with Gasteiger partial charge in [-0.25, -0.2) is 4.79 Å². The van der Waals surface area contributed by atoms with Gasteiger partial charge in [-0.3, -0.25) is 0 Å². The summed E-state index contributed by atoms with van der Waals surface area (Å²) < 4.78 is 78.5. The number of benzene rings is 1. The van der Waals surface area contributed by atoms with Crippen molar-refractivity contribution in [2.75, 3.05) is 7.11 Å². The second-order valence-corrected chi connectivity index (χ2v) is 16.0. The third-order valence-electron chi connectivity index (χ3n) is 7.75. The van der Waals surface area contributed by atoms with Crippen LogP contribution < -0.4 is 0 Å². The van der Waals surface area contributed by atoms with Crippen molar-refractivity contribution in [3.8, 4) is 0 Å². The molecule has 0 bridgehead atoms. The molecule has 11 heteroatoms. The zero-order chi connectivity index (χ0) is 28.7. The number of rotatable bonds is 7. The summed E-state index contributed by atoms with van der Waals surface area (Å²) in [4.78, 5) is 13.5. The van der Waals surface area contributed by atoms with E-state index in [1.54, 1.807) is 30.4 Å². The van der Waals surface area contributed by atoms with E-state index in [4.69, 9.17) is 27.8 Å². The van der Waals surface area contributed by atoms with Crippen molar-refractivity contribution in [3.05, 3.63) is 72.2 Å². The Morgan fingerprint density at radius 1 is 1.03 bits per heavy atom. The first-order chi connectivity index (χ1) is 18.2. The number of esters is 1. The fraction of sp³-hybridized carbons (Fsp3) is 0.536. The molecule has 1 aromatic heterocycles. The van der Waals surface area contributed by atoms with Crippen LogP contribution in [0.4, 0.5) is 13.2 Å². The largest absolute Gasteiger partial charge is 0.467 e. The normalized spacial score (nSPS) is 27.5. The Morgan fingerprint density at radius 2 is 1.72 bits per heavy atom. The summed E-state index contributed by atoms with van der Waals surface area (Å²) in [6, 6.07) is 10.1. The van der Waals surface area contributed by atoms with Gasteiger partial charge in [0.25, 0.3) is 5.60 Å². The lowest BCUT2D eigenvalue weighted by Crippen LogP contribution is -2.57. The smallest absolute Gasteiger partial charge is 0.432 e. The molecule has 0 saturated carbocycles. The van der Waals surface area contributed by atoms with Crippen molar-refractivity contribution >= 4 is 14.3 Å². The van der Waals surface area contributed by atoms with E-state index in [0.717, 1.165) is 7.11 Å². The van der Waals surface area contributed by atoms with E-state index in [1.807, 2.05) is 0 Å². The van der Waals surface area contributed by atoms with Gasteiger partial charge in [0.05, 0.1) is 6.26 Å². The molecule has 4 rings (SSSR count). The number of alkyl halides is 3. The number of furan rings is 1. The Labute approximate surface area is 227 Å². The molecule has 0 amide bonds. The first-order valence-electron chi connectivity index (χ1n) is 12.8. The lowest BCUT2D eigenvalue weighted by molar-refractivity contribution is -0.329. The maximum absolute atomic E-state index is 14.5. The summed E-state index contributed by atoms with van der Waals surface area (Å²) in [5.41, 5.74) is -3.74. The Balaban J connectivity index is 1.66. The first kappa shape index (κ1) is 29.5. The second kappa shape index (κ2) is 10.5. The molecule has 5 atom stereocenters. The van der Waals surface area contributed by atoms with Crippen LogP contribution in [0, 0.1) is 0 Å². The molecule has 1 aromatic carbocycles. The van der Waals surface area contributed by atoms with Crippen LogP contribution in [0.15, 0.2) is 65.3 Å². The zero-order valence-electron chi connectivity index (χ0n) is 22.9. The third-order valence-corrected chi connectivity index (χ3v) is 12.2. The maximum Gasteiger partial charge on any atom is 0.432 e. The van der Waals surface area contributed by atoms with Crippen LogP contribution >= 0.6 is 0 Å². The van der Waals surface area contributed by atoms with Crippen LogP contribution in [-0.4, -0.2) is 45.8 Å².